The van der Waals surface area contributed by atoms with Crippen LogP contribution in [0.1, 0.15) is 94.8 Å². The smallest absolute Gasteiger partial charge is 0.274 e. The summed E-state index contributed by atoms with van der Waals surface area (Å²) in [6.07, 6.45) is 10.6. The lowest BCUT2D eigenvalue weighted by molar-refractivity contribution is -0.134. The molecule has 3 atom stereocenters. The van der Waals surface area contributed by atoms with Crippen molar-refractivity contribution in [1.29, 1.82) is 0 Å². The van der Waals surface area contributed by atoms with Crippen molar-refractivity contribution in [3.05, 3.63) is 17.5 Å². The molecular formula is C31H52N6O7. The lowest BCUT2D eigenvalue weighted by atomic mass is 9.83. The Morgan fingerprint density at radius 3 is 2.16 bits per heavy atom. The summed E-state index contributed by atoms with van der Waals surface area (Å²) in [5.41, 5.74) is 0.248. The second-order valence-corrected chi connectivity index (χ2v) is 11.4. The molecule has 3 unspecified atom stereocenters. The summed E-state index contributed by atoms with van der Waals surface area (Å²) in [6.45, 7) is 9.69. The number of nitrogens with one attached hydrogen (secondary N) is 4. The van der Waals surface area contributed by atoms with Gasteiger partial charge in [0.1, 0.15) is 24.4 Å². The van der Waals surface area contributed by atoms with E-state index in [-0.39, 0.29) is 35.3 Å². The monoisotopic (exact) mass is 620 g/mol. The number of likely N-dealkylation sites (tertiary alicyclic amines) is 1. The maximum absolute atomic E-state index is 12.9. The Morgan fingerprint density at radius 1 is 1.09 bits per heavy atom. The van der Waals surface area contributed by atoms with Gasteiger partial charge in [0, 0.05) is 37.7 Å². The molecule has 0 spiro atoms. The van der Waals surface area contributed by atoms with Crippen LogP contribution in [0, 0.1) is 18.8 Å². The molecule has 3 heterocycles. The molecule has 13 heteroatoms. The molecule has 1 aliphatic carbocycles. The lowest BCUT2D eigenvalue weighted by Crippen LogP contribution is -2.52. The number of nitrogens with zero attached hydrogens (tertiary/aromatic N) is 2. The van der Waals surface area contributed by atoms with Crippen LogP contribution in [0.4, 0.5) is 0 Å². The Kier molecular flexibility index (Phi) is 19.2. The van der Waals surface area contributed by atoms with Gasteiger partial charge in [-0.3, -0.25) is 19.2 Å². The van der Waals surface area contributed by atoms with E-state index < -0.39 is 12.1 Å². The zero-order valence-corrected chi connectivity index (χ0v) is 26.9. The van der Waals surface area contributed by atoms with Gasteiger partial charge in [0.05, 0.1) is 6.04 Å². The first kappa shape index (κ1) is 38.4. The molecule has 0 bridgehead atoms. The molecule has 0 aromatic carbocycles. The van der Waals surface area contributed by atoms with Crippen molar-refractivity contribution in [2.75, 3.05) is 26.7 Å². The Hall–Kier alpha value is -3.61. The first-order valence-corrected chi connectivity index (χ1v) is 15.6. The molecule has 0 radical (unpaired) electrons. The van der Waals surface area contributed by atoms with E-state index in [2.05, 4.69) is 40.3 Å². The fourth-order valence-electron chi connectivity index (χ4n) is 5.10. The van der Waals surface area contributed by atoms with Gasteiger partial charge in [-0.1, -0.05) is 38.3 Å². The van der Waals surface area contributed by atoms with Gasteiger partial charge in [0.15, 0.2) is 5.69 Å². The standard InChI is InChI=1S/C17H25N3O3.C8H12N2O3.C4H11N.C2H4O/c1-12-11-14(19-23-12)16(21)18-15(13-7-3-2-4-8-13)17(22)20-9-5-6-10-20;11-4-7(10-5-12)3-6-1-2-9-8(6)13;1-4(2)5-3;1-2-3/h11,13,15H,2-10H2,1H3,(H,18,21);4-7H,1-3H2,(H,9,13)(H,10,12);4-5H,1-3H3;2H,1H3. The van der Waals surface area contributed by atoms with Crippen molar-refractivity contribution < 1.29 is 33.3 Å². The second-order valence-electron chi connectivity index (χ2n) is 11.4. The maximum atomic E-state index is 12.9. The maximum Gasteiger partial charge on any atom is 0.274 e. The van der Waals surface area contributed by atoms with E-state index in [0.717, 1.165) is 64.3 Å². The number of carbonyl (C=O) groups excluding carboxylic acids is 6. The molecule has 2 saturated heterocycles. The van der Waals surface area contributed by atoms with E-state index in [4.69, 9.17) is 9.32 Å². The third-order valence-corrected chi connectivity index (χ3v) is 7.68. The van der Waals surface area contributed by atoms with Gasteiger partial charge in [-0.25, -0.2) is 0 Å². The number of amides is 4. The number of aromatic nitrogens is 1. The molecule has 4 rings (SSSR count). The average molecular weight is 621 g/mol. The van der Waals surface area contributed by atoms with Gasteiger partial charge in [-0.15, -0.1) is 0 Å². The first-order chi connectivity index (χ1) is 21.1. The molecular weight excluding hydrogens is 568 g/mol. The molecule has 4 N–H and O–H groups in total. The highest BCUT2D eigenvalue weighted by atomic mass is 16.5. The molecule has 3 fully saturated rings. The van der Waals surface area contributed by atoms with Crippen molar-refractivity contribution in [3.8, 4) is 0 Å². The van der Waals surface area contributed by atoms with Crippen LogP contribution >= 0.6 is 0 Å². The highest BCUT2D eigenvalue weighted by molar-refractivity contribution is 5.96. The van der Waals surface area contributed by atoms with Gasteiger partial charge in [0.25, 0.3) is 5.91 Å². The SMILES string of the molecule is CC=O.CNC(C)C.Cc1cc(C(=O)NC(C(=O)N2CCCC2)C2CCCCC2)no1.O=CNC(C=O)CC1CCNC1=O. The van der Waals surface area contributed by atoms with Gasteiger partial charge >= 0.3 is 0 Å². The summed E-state index contributed by atoms with van der Waals surface area (Å²) in [5.74, 6) is 0.416. The summed E-state index contributed by atoms with van der Waals surface area (Å²) in [5, 5.41) is 14.7. The van der Waals surface area contributed by atoms with Crippen LogP contribution in [0.2, 0.25) is 0 Å². The third-order valence-electron chi connectivity index (χ3n) is 7.68. The number of hydrogen-bond donors (Lipinski definition) is 4. The van der Waals surface area contributed by atoms with Gasteiger partial charge < -0.3 is 40.3 Å². The summed E-state index contributed by atoms with van der Waals surface area (Å²) in [6, 6.07) is 1.27. The van der Waals surface area contributed by atoms with E-state index in [1.54, 1.807) is 13.0 Å². The minimum atomic E-state index is -0.536. The largest absolute Gasteiger partial charge is 0.361 e. The predicted molar refractivity (Wildman–Crippen MR) is 166 cm³/mol. The second kappa shape index (κ2) is 22.0. The van der Waals surface area contributed by atoms with E-state index in [1.807, 2.05) is 11.9 Å². The minimum absolute atomic E-state index is 0.0282. The fraction of sp³-hybridized carbons (Fsp3) is 0.710. The summed E-state index contributed by atoms with van der Waals surface area (Å²) in [7, 11) is 1.95. The third kappa shape index (κ3) is 14.2. The molecule has 13 nitrogen and oxygen atoms in total. The van der Waals surface area contributed by atoms with Crippen molar-refractivity contribution in [2.45, 2.75) is 104 Å². The average Bonchev–Trinajstić information content (AvgIpc) is 3.80. The number of rotatable bonds is 10. The highest BCUT2D eigenvalue weighted by Gasteiger charge is 2.35. The van der Waals surface area contributed by atoms with E-state index in [1.165, 1.54) is 13.3 Å². The topological polar surface area (TPSA) is 180 Å². The fourth-order valence-corrected chi connectivity index (χ4v) is 5.10. The van der Waals surface area contributed by atoms with Gasteiger partial charge in [-0.05, 0) is 65.3 Å². The number of aryl methyl sites for hydroxylation is 1. The molecule has 44 heavy (non-hydrogen) atoms. The lowest BCUT2D eigenvalue weighted by Gasteiger charge is -2.32. The van der Waals surface area contributed by atoms with Crippen LogP contribution in [-0.2, 0) is 24.0 Å². The Morgan fingerprint density at radius 2 is 1.70 bits per heavy atom. The van der Waals surface area contributed by atoms with Crippen molar-refractivity contribution >= 4 is 36.7 Å². The van der Waals surface area contributed by atoms with E-state index in [9.17, 15) is 24.0 Å². The highest BCUT2D eigenvalue weighted by Crippen LogP contribution is 2.28. The molecule has 1 aromatic heterocycles. The molecule has 3 aliphatic rings. The van der Waals surface area contributed by atoms with Gasteiger partial charge in [0.2, 0.25) is 18.2 Å². The van der Waals surface area contributed by atoms with E-state index >= 15 is 0 Å². The van der Waals surface area contributed by atoms with Crippen LogP contribution < -0.4 is 21.3 Å². The summed E-state index contributed by atoms with van der Waals surface area (Å²) in [4.78, 5) is 67.6. The van der Waals surface area contributed by atoms with Crippen LogP contribution in [-0.4, -0.2) is 91.6 Å². The molecule has 1 aromatic rings. The first-order valence-electron chi connectivity index (χ1n) is 15.6. The number of hydrogen-bond acceptors (Lipinski definition) is 9. The Balaban J connectivity index is 0.000000387. The molecule has 1 saturated carbocycles. The quantitative estimate of drug-likeness (QED) is 0.284. The van der Waals surface area contributed by atoms with E-state index in [0.29, 0.717) is 37.5 Å². The molecule has 2 aliphatic heterocycles. The van der Waals surface area contributed by atoms with Crippen LogP contribution in [0.3, 0.4) is 0 Å². The van der Waals surface area contributed by atoms with Crippen LogP contribution in [0.5, 0.6) is 0 Å². The minimum Gasteiger partial charge on any atom is -0.361 e. The Labute approximate surface area is 261 Å². The van der Waals surface area contributed by atoms with Gasteiger partial charge in [-0.2, -0.15) is 0 Å². The zero-order chi connectivity index (χ0) is 32.9. The van der Waals surface area contributed by atoms with Crippen molar-refractivity contribution in [2.24, 2.45) is 11.8 Å². The summed E-state index contributed by atoms with van der Waals surface area (Å²) >= 11 is 0. The Bertz CT molecular complexity index is 1020. The van der Waals surface area contributed by atoms with Crippen LogP contribution in [0.15, 0.2) is 10.6 Å². The van der Waals surface area contributed by atoms with Crippen LogP contribution in [0.25, 0.3) is 0 Å². The molecule has 4 amide bonds. The van der Waals surface area contributed by atoms with Crippen molar-refractivity contribution in [3.63, 3.8) is 0 Å². The number of aldehydes is 2. The van der Waals surface area contributed by atoms with Crippen molar-refractivity contribution in [1.82, 2.24) is 31.3 Å². The predicted octanol–water partition coefficient (Wildman–Crippen LogP) is 1.93. The number of carbonyl (C=O) groups is 6. The normalized spacial score (nSPS) is 19.0. The summed E-state index contributed by atoms with van der Waals surface area (Å²) < 4.78 is 4.97. The zero-order valence-electron chi connectivity index (χ0n) is 26.9. The molecule has 248 valence electrons.